The number of hydrogen-bond donors (Lipinski definition) is 1. The number of thioether (sulfide) groups is 1. The quantitative estimate of drug-likeness (QED) is 0.654. The molecule has 28 heavy (non-hydrogen) atoms. The minimum Gasteiger partial charge on any atom is -0.364 e. The zero-order valence-corrected chi connectivity index (χ0v) is 16.9. The number of rotatable bonds is 3. The molecule has 1 amide bonds. The van der Waals surface area contributed by atoms with Crippen LogP contribution in [0.3, 0.4) is 0 Å². The Morgan fingerprint density at radius 3 is 2.39 bits per heavy atom. The van der Waals surface area contributed by atoms with E-state index >= 15 is 0 Å². The fraction of sp³-hybridized carbons (Fsp3) is 0.174. The molecule has 0 spiro atoms. The monoisotopic (exact) mass is 390 g/mol. The van der Waals surface area contributed by atoms with Gasteiger partial charge in [0.25, 0.3) is 5.91 Å². The fourth-order valence-electron chi connectivity index (χ4n) is 3.62. The van der Waals surface area contributed by atoms with Crippen molar-refractivity contribution in [1.29, 1.82) is 0 Å². The second kappa shape index (κ2) is 7.34. The Kier molecular flexibility index (Phi) is 4.87. The van der Waals surface area contributed by atoms with Crippen LogP contribution in [0.4, 0.5) is 5.69 Å². The Morgan fingerprint density at radius 2 is 1.68 bits per heavy atom. The molecule has 0 radical (unpaired) electrons. The summed E-state index contributed by atoms with van der Waals surface area (Å²) in [6.07, 6.45) is 1.89. The molecule has 1 unspecified atom stereocenters. The second-order valence-corrected chi connectivity index (χ2v) is 8.01. The lowest BCUT2D eigenvalue weighted by Gasteiger charge is -2.18. The molecule has 3 aromatic rings. The Hall–Kier alpha value is -2.76. The Bertz CT molecular complexity index is 1070. The van der Waals surface area contributed by atoms with Gasteiger partial charge in [0.1, 0.15) is 0 Å². The third-order valence-electron chi connectivity index (χ3n) is 5.03. The number of carbonyl (C=O) groups excluding carboxylic acids is 1. The summed E-state index contributed by atoms with van der Waals surface area (Å²) < 4.78 is 2.21. The third kappa shape index (κ3) is 3.17. The van der Waals surface area contributed by atoms with Crippen molar-refractivity contribution in [2.75, 3.05) is 4.90 Å². The first-order valence-electron chi connectivity index (χ1n) is 9.17. The largest absolute Gasteiger partial charge is 0.364 e. The topological polar surface area (TPSA) is 45.5 Å². The van der Waals surface area contributed by atoms with E-state index in [0.717, 1.165) is 22.6 Å². The van der Waals surface area contributed by atoms with Crippen LogP contribution >= 0.6 is 11.8 Å². The van der Waals surface area contributed by atoms with Crippen molar-refractivity contribution in [3.8, 4) is 5.69 Å². The van der Waals surface area contributed by atoms with Crippen LogP contribution in [-0.2, 0) is 4.79 Å². The van der Waals surface area contributed by atoms with Crippen molar-refractivity contribution >= 4 is 29.4 Å². The summed E-state index contributed by atoms with van der Waals surface area (Å²) >= 11 is 1.18. The average Bonchev–Trinajstić information content (AvgIpc) is 3.12. The molecule has 2 aromatic carbocycles. The lowest BCUT2D eigenvalue weighted by atomic mass is 10.2. The van der Waals surface area contributed by atoms with Crippen molar-refractivity contribution in [1.82, 2.24) is 4.57 Å². The molecule has 1 saturated heterocycles. The summed E-state index contributed by atoms with van der Waals surface area (Å²) in [5.74, 6) is -0.176. The van der Waals surface area contributed by atoms with Crippen LogP contribution in [0, 0.1) is 20.8 Å². The minimum absolute atomic E-state index is 0.176. The first-order valence-corrected chi connectivity index (χ1v) is 10.1. The van der Waals surface area contributed by atoms with Crippen LogP contribution in [0.5, 0.6) is 0 Å². The van der Waals surface area contributed by atoms with Gasteiger partial charge in [0.15, 0.2) is 5.56 Å². The maximum absolute atomic E-state index is 12.9. The van der Waals surface area contributed by atoms with E-state index in [4.69, 9.17) is 0 Å². The molecule has 1 fully saturated rings. The highest BCUT2D eigenvalue weighted by molar-refractivity contribution is 8.05. The number of anilines is 1. The Morgan fingerprint density at radius 1 is 1.00 bits per heavy atom. The molecule has 4 rings (SSSR count). The van der Waals surface area contributed by atoms with Gasteiger partial charge in [0.2, 0.25) is 0 Å². The van der Waals surface area contributed by atoms with Crippen LogP contribution < -0.4 is 4.90 Å². The van der Waals surface area contributed by atoms with Crippen LogP contribution in [0.1, 0.15) is 22.5 Å². The minimum atomic E-state index is -0.916. The van der Waals surface area contributed by atoms with Gasteiger partial charge in [-0.05, 0) is 62.2 Å². The predicted octanol–water partition coefficient (Wildman–Crippen LogP) is 4.80. The van der Waals surface area contributed by atoms with E-state index in [2.05, 4.69) is 43.5 Å². The van der Waals surface area contributed by atoms with E-state index in [-0.39, 0.29) is 5.91 Å². The molecular formula is C23H22N2O2S. The number of hydrogen-bond acceptors (Lipinski definition) is 3. The van der Waals surface area contributed by atoms with Crippen molar-refractivity contribution in [3.05, 3.63) is 88.1 Å². The summed E-state index contributed by atoms with van der Waals surface area (Å²) in [7, 11) is 0. The summed E-state index contributed by atoms with van der Waals surface area (Å²) in [6, 6.07) is 19.6. The van der Waals surface area contributed by atoms with Gasteiger partial charge in [-0.2, -0.15) is 0 Å². The first-order chi connectivity index (χ1) is 13.5. The number of benzene rings is 2. The van der Waals surface area contributed by atoms with Crippen LogP contribution in [0.15, 0.2) is 65.6 Å². The summed E-state index contributed by atoms with van der Waals surface area (Å²) in [4.78, 5) is 14.9. The maximum atomic E-state index is 12.9. The summed E-state index contributed by atoms with van der Waals surface area (Å²) in [5, 5.41) is 10.4. The van der Waals surface area contributed by atoms with Crippen LogP contribution in [0.25, 0.3) is 11.8 Å². The molecule has 4 nitrogen and oxygen atoms in total. The Labute approximate surface area is 169 Å². The zero-order valence-electron chi connectivity index (χ0n) is 16.1. The Balaban J connectivity index is 1.72. The van der Waals surface area contributed by atoms with Gasteiger partial charge in [0, 0.05) is 22.8 Å². The number of carbonyl (C=O) groups is 1. The van der Waals surface area contributed by atoms with E-state index < -0.39 is 5.56 Å². The number of amides is 1. The number of aliphatic hydroxyl groups excluding tert-OH is 1. The van der Waals surface area contributed by atoms with E-state index in [1.807, 2.05) is 48.5 Å². The highest BCUT2D eigenvalue weighted by atomic mass is 32.2. The first kappa shape index (κ1) is 18.6. The number of nitrogens with zero attached hydrogens (tertiary/aromatic N) is 2. The number of aryl methyl sites for hydroxylation is 2. The smallest absolute Gasteiger partial charge is 0.267 e. The molecule has 0 aliphatic carbocycles. The average molecular weight is 391 g/mol. The standard InChI is InChI=1S/C23H22N2O2S/c1-15-9-7-8-12-20(15)24-16(2)13-18(17(24)3)14-21-22(26)25(23(27)28-21)19-10-5-4-6-11-19/h4-14,23,27H,1-3H3/b21-14+. The number of aromatic nitrogens is 1. The highest BCUT2D eigenvalue weighted by Crippen LogP contribution is 2.38. The van der Waals surface area contributed by atoms with Gasteiger partial charge in [-0.15, -0.1) is 0 Å². The second-order valence-electron chi connectivity index (χ2n) is 6.91. The normalized spacial score (nSPS) is 18.3. The van der Waals surface area contributed by atoms with E-state index in [0.29, 0.717) is 10.6 Å². The molecule has 2 heterocycles. The van der Waals surface area contributed by atoms with Gasteiger partial charge in [-0.3, -0.25) is 9.69 Å². The van der Waals surface area contributed by atoms with E-state index in [9.17, 15) is 9.90 Å². The van der Waals surface area contributed by atoms with Gasteiger partial charge in [-0.1, -0.05) is 48.2 Å². The molecule has 1 aromatic heterocycles. The van der Waals surface area contributed by atoms with Crippen LogP contribution in [0.2, 0.25) is 0 Å². The lowest BCUT2D eigenvalue weighted by Crippen LogP contribution is -2.31. The van der Waals surface area contributed by atoms with Crippen molar-refractivity contribution in [2.24, 2.45) is 0 Å². The zero-order chi connectivity index (χ0) is 19.8. The molecule has 0 saturated carbocycles. The van der Waals surface area contributed by atoms with Crippen molar-refractivity contribution in [3.63, 3.8) is 0 Å². The fourth-order valence-corrected chi connectivity index (χ4v) is 4.57. The molecule has 1 N–H and O–H groups in total. The van der Waals surface area contributed by atoms with E-state index in [1.165, 1.54) is 22.2 Å². The predicted molar refractivity (Wildman–Crippen MR) is 115 cm³/mol. The molecule has 1 atom stereocenters. The lowest BCUT2D eigenvalue weighted by molar-refractivity contribution is -0.114. The summed E-state index contributed by atoms with van der Waals surface area (Å²) in [5.41, 5.74) is 5.27. The molecule has 142 valence electrons. The molecule has 1 aliphatic rings. The highest BCUT2D eigenvalue weighted by Gasteiger charge is 2.36. The number of aliphatic hydroxyl groups is 1. The van der Waals surface area contributed by atoms with Crippen molar-refractivity contribution < 1.29 is 9.90 Å². The van der Waals surface area contributed by atoms with Gasteiger partial charge in [0.05, 0.1) is 4.91 Å². The molecular weight excluding hydrogens is 368 g/mol. The molecule has 5 heteroatoms. The third-order valence-corrected chi connectivity index (χ3v) is 6.00. The van der Waals surface area contributed by atoms with E-state index in [1.54, 1.807) is 0 Å². The van der Waals surface area contributed by atoms with Gasteiger partial charge >= 0.3 is 0 Å². The van der Waals surface area contributed by atoms with Crippen LogP contribution in [-0.4, -0.2) is 21.1 Å². The number of para-hydroxylation sites is 2. The van der Waals surface area contributed by atoms with Crippen molar-refractivity contribution in [2.45, 2.75) is 26.3 Å². The van der Waals surface area contributed by atoms with Gasteiger partial charge in [-0.25, -0.2) is 0 Å². The summed E-state index contributed by atoms with van der Waals surface area (Å²) in [6.45, 7) is 6.22. The van der Waals surface area contributed by atoms with Gasteiger partial charge < -0.3 is 9.67 Å². The molecule has 0 bridgehead atoms. The SMILES string of the molecule is Cc1ccccc1-n1c(C)cc(/C=C2/SC(O)N(c3ccccc3)C2=O)c1C. The maximum Gasteiger partial charge on any atom is 0.267 e. The molecule has 1 aliphatic heterocycles.